The third-order valence-corrected chi connectivity index (χ3v) is 2.42. The first kappa shape index (κ1) is 9.15. The molecule has 1 aromatic carbocycles. The van der Waals surface area contributed by atoms with E-state index in [9.17, 15) is 9.18 Å². The zero-order valence-corrected chi connectivity index (χ0v) is 7.80. The van der Waals surface area contributed by atoms with Crippen molar-refractivity contribution in [2.24, 2.45) is 0 Å². The van der Waals surface area contributed by atoms with E-state index in [1.807, 2.05) is 6.07 Å². The highest BCUT2D eigenvalue weighted by Gasteiger charge is 2.25. The van der Waals surface area contributed by atoms with E-state index in [4.69, 9.17) is 0 Å². The number of rotatable bonds is 1. The van der Waals surface area contributed by atoms with Gasteiger partial charge in [-0.25, -0.2) is 4.39 Å². The van der Waals surface area contributed by atoms with E-state index in [0.717, 1.165) is 5.56 Å². The maximum atomic E-state index is 13.3. The Labute approximate surface area is 81.3 Å². The van der Waals surface area contributed by atoms with E-state index in [0.29, 0.717) is 12.1 Å². The minimum atomic E-state index is -0.379. The molecule has 0 aromatic heterocycles. The van der Waals surface area contributed by atoms with Gasteiger partial charge in [0, 0.05) is 12.5 Å². The molecule has 1 aromatic rings. The number of benzene rings is 1. The van der Waals surface area contributed by atoms with Gasteiger partial charge in [0.2, 0.25) is 5.91 Å². The van der Waals surface area contributed by atoms with Gasteiger partial charge in [-0.15, -0.1) is 0 Å². The number of amides is 1. The monoisotopic (exact) mass is 194 g/mol. The molecular formula is C10H11FN2O. The second-order valence-electron chi connectivity index (χ2n) is 3.30. The van der Waals surface area contributed by atoms with Crippen molar-refractivity contribution in [2.75, 3.05) is 12.4 Å². The van der Waals surface area contributed by atoms with Gasteiger partial charge in [0.1, 0.15) is 5.82 Å². The Morgan fingerprint density at radius 2 is 2.36 bits per heavy atom. The first-order valence-corrected chi connectivity index (χ1v) is 4.48. The predicted molar refractivity (Wildman–Crippen MR) is 51.4 cm³/mol. The minimum Gasteiger partial charge on any atom is -0.323 e. The van der Waals surface area contributed by atoms with Crippen molar-refractivity contribution < 1.29 is 9.18 Å². The molecular weight excluding hydrogens is 183 g/mol. The van der Waals surface area contributed by atoms with Crippen LogP contribution in [-0.2, 0) is 4.79 Å². The Morgan fingerprint density at radius 1 is 1.57 bits per heavy atom. The van der Waals surface area contributed by atoms with Crippen molar-refractivity contribution in [2.45, 2.75) is 12.5 Å². The number of anilines is 1. The molecule has 3 nitrogen and oxygen atoms in total. The molecule has 1 atom stereocenters. The normalized spacial score (nSPS) is 20.1. The van der Waals surface area contributed by atoms with E-state index in [-0.39, 0.29) is 17.8 Å². The topological polar surface area (TPSA) is 41.1 Å². The van der Waals surface area contributed by atoms with Crippen LogP contribution in [0.3, 0.4) is 0 Å². The van der Waals surface area contributed by atoms with Gasteiger partial charge in [0.25, 0.3) is 0 Å². The first-order chi connectivity index (χ1) is 6.72. The molecule has 2 rings (SSSR count). The van der Waals surface area contributed by atoms with Gasteiger partial charge in [-0.1, -0.05) is 12.1 Å². The van der Waals surface area contributed by atoms with Gasteiger partial charge in [-0.3, -0.25) is 4.79 Å². The number of carbonyl (C=O) groups is 1. The van der Waals surface area contributed by atoms with E-state index in [2.05, 4.69) is 10.6 Å². The average molecular weight is 194 g/mol. The van der Waals surface area contributed by atoms with Gasteiger partial charge in [-0.2, -0.15) is 0 Å². The molecule has 1 heterocycles. The summed E-state index contributed by atoms with van der Waals surface area (Å²) in [7, 11) is 1.76. The first-order valence-electron chi connectivity index (χ1n) is 4.48. The summed E-state index contributed by atoms with van der Waals surface area (Å²) in [4.78, 5) is 11.2. The maximum Gasteiger partial charge on any atom is 0.226 e. The predicted octanol–water partition coefficient (Wildman–Crippen LogP) is 1.43. The van der Waals surface area contributed by atoms with E-state index >= 15 is 0 Å². The Morgan fingerprint density at radius 3 is 3.07 bits per heavy atom. The number of hydrogen-bond acceptors (Lipinski definition) is 2. The van der Waals surface area contributed by atoms with Crippen molar-refractivity contribution >= 4 is 11.6 Å². The highest BCUT2D eigenvalue weighted by Crippen LogP contribution is 2.31. The van der Waals surface area contributed by atoms with Crippen molar-refractivity contribution in [1.82, 2.24) is 5.32 Å². The minimum absolute atomic E-state index is 0.0885. The molecule has 1 aliphatic heterocycles. The molecule has 1 amide bonds. The third kappa shape index (κ3) is 1.37. The Hall–Kier alpha value is -1.42. The summed E-state index contributed by atoms with van der Waals surface area (Å²) in [5, 5.41) is 5.53. The molecule has 0 spiro atoms. The summed E-state index contributed by atoms with van der Waals surface area (Å²) in [6.45, 7) is 0. The van der Waals surface area contributed by atoms with Crippen molar-refractivity contribution in [1.29, 1.82) is 0 Å². The largest absolute Gasteiger partial charge is 0.323 e. The van der Waals surface area contributed by atoms with Crippen LogP contribution in [0.1, 0.15) is 18.0 Å². The second-order valence-corrected chi connectivity index (χ2v) is 3.30. The van der Waals surface area contributed by atoms with Gasteiger partial charge in [-0.05, 0) is 18.7 Å². The lowest BCUT2D eigenvalue weighted by atomic mass is 9.97. The lowest BCUT2D eigenvalue weighted by molar-refractivity contribution is -0.117. The molecule has 0 radical (unpaired) electrons. The SMILES string of the molecule is CNC1CC(=O)Nc2c(F)cccc21. The fourth-order valence-electron chi connectivity index (χ4n) is 1.71. The summed E-state index contributed by atoms with van der Waals surface area (Å²) in [6, 6.07) is 4.72. The maximum absolute atomic E-state index is 13.3. The highest BCUT2D eigenvalue weighted by atomic mass is 19.1. The summed E-state index contributed by atoms with van der Waals surface area (Å²) in [5.74, 6) is -0.530. The molecule has 4 heteroatoms. The lowest BCUT2D eigenvalue weighted by Gasteiger charge is -2.25. The quantitative estimate of drug-likeness (QED) is 0.710. The van der Waals surface area contributed by atoms with Crippen LogP contribution in [0.5, 0.6) is 0 Å². The Balaban J connectivity index is 2.50. The van der Waals surface area contributed by atoms with Crippen LogP contribution in [-0.4, -0.2) is 13.0 Å². The smallest absolute Gasteiger partial charge is 0.226 e. The molecule has 1 unspecified atom stereocenters. The summed E-state index contributed by atoms with van der Waals surface area (Å²) in [6.07, 6.45) is 0.354. The molecule has 0 bridgehead atoms. The van der Waals surface area contributed by atoms with E-state index in [1.54, 1.807) is 13.1 Å². The zero-order chi connectivity index (χ0) is 10.1. The summed E-state index contributed by atoms with van der Waals surface area (Å²) in [5.41, 5.74) is 1.12. The van der Waals surface area contributed by atoms with Crippen LogP contribution in [0.25, 0.3) is 0 Å². The molecule has 0 aliphatic carbocycles. The van der Waals surface area contributed by atoms with Gasteiger partial charge in [0.05, 0.1) is 5.69 Å². The standard InChI is InChI=1S/C10H11FN2O/c1-12-8-5-9(14)13-10-6(8)3-2-4-7(10)11/h2-4,8,12H,5H2,1H3,(H,13,14). The molecule has 14 heavy (non-hydrogen) atoms. The van der Waals surface area contributed by atoms with Crippen LogP contribution in [0.2, 0.25) is 0 Å². The second kappa shape index (κ2) is 3.38. The van der Waals surface area contributed by atoms with Crippen molar-refractivity contribution in [3.8, 4) is 0 Å². The van der Waals surface area contributed by atoms with E-state index in [1.165, 1.54) is 6.07 Å². The number of halogens is 1. The molecule has 0 saturated carbocycles. The highest BCUT2D eigenvalue weighted by molar-refractivity contribution is 5.94. The van der Waals surface area contributed by atoms with Gasteiger partial charge < -0.3 is 10.6 Å². The Kier molecular flexibility index (Phi) is 2.21. The number of carbonyl (C=O) groups excluding carboxylic acids is 1. The zero-order valence-electron chi connectivity index (χ0n) is 7.80. The number of hydrogen-bond donors (Lipinski definition) is 2. The van der Waals surface area contributed by atoms with Crippen LogP contribution in [0, 0.1) is 5.82 Å². The fraction of sp³-hybridized carbons (Fsp3) is 0.300. The number of nitrogens with one attached hydrogen (secondary N) is 2. The molecule has 1 aliphatic rings. The van der Waals surface area contributed by atoms with Gasteiger partial charge >= 0.3 is 0 Å². The molecule has 0 fully saturated rings. The third-order valence-electron chi connectivity index (χ3n) is 2.42. The number of para-hydroxylation sites is 1. The Bertz CT molecular complexity index is 378. The fourth-order valence-corrected chi connectivity index (χ4v) is 1.71. The average Bonchev–Trinajstić information content (AvgIpc) is 2.18. The summed E-state index contributed by atoms with van der Waals surface area (Å²) < 4.78 is 13.3. The van der Waals surface area contributed by atoms with Crippen LogP contribution in [0.4, 0.5) is 10.1 Å². The van der Waals surface area contributed by atoms with Crippen LogP contribution < -0.4 is 10.6 Å². The lowest BCUT2D eigenvalue weighted by Crippen LogP contribution is -2.30. The molecule has 0 saturated heterocycles. The number of fused-ring (bicyclic) bond motifs is 1. The van der Waals surface area contributed by atoms with Crippen LogP contribution in [0.15, 0.2) is 18.2 Å². The van der Waals surface area contributed by atoms with Crippen molar-refractivity contribution in [3.63, 3.8) is 0 Å². The summed E-state index contributed by atoms with van der Waals surface area (Å²) >= 11 is 0. The van der Waals surface area contributed by atoms with Gasteiger partial charge in [0.15, 0.2) is 0 Å². The van der Waals surface area contributed by atoms with Crippen LogP contribution >= 0.6 is 0 Å². The van der Waals surface area contributed by atoms with Crippen molar-refractivity contribution in [3.05, 3.63) is 29.6 Å². The molecule has 2 N–H and O–H groups in total. The molecule has 74 valence electrons. The van der Waals surface area contributed by atoms with E-state index < -0.39 is 0 Å².